The van der Waals surface area contributed by atoms with Crippen LogP contribution in [0.15, 0.2) is 84.9 Å². The molecule has 0 aromatic heterocycles. The zero-order valence-electron chi connectivity index (χ0n) is 18.1. The van der Waals surface area contributed by atoms with E-state index in [0.717, 1.165) is 0 Å². The van der Waals surface area contributed by atoms with Gasteiger partial charge in [-0.05, 0) is 27.5 Å². The highest BCUT2D eigenvalue weighted by molar-refractivity contribution is 6.95. The van der Waals surface area contributed by atoms with E-state index in [0.29, 0.717) is 0 Å². The molecule has 0 N–H and O–H groups in total. The van der Waals surface area contributed by atoms with E-state index in [4.69, 9.17) is 0 Å². The lowest BCUT2D eigenvalue weighted by Gasteiger charge is -2.30. The summed E-state index contributed by atoms with van der Waals surface area (Å²) in [6.45, 7) is 14.8. The Balaban J connectivity index is 2.47. The predicted octanol–water partition coefficient (Wildman–Crippen LogP) is 7.07. The highest BCUT2D eigenvalue weighted by atomic mass is 28.3. The summed E-state index contributed by atoms with van der Waals surface area (Å²) in [4.78, 5) is 0. The number of rotatable bonds is 5. The van der Waals surface area contributed by atoms with Crippen LogP contribution in [-0.4, -0.2) is 16.1 Å². The second-order valence-corrected chi connectivity index (χ2v) is 19.6. The first kappa shape index (κ1) is 20.6. The van der Waals surface area contributed by atoms with Crippen molar-refractivity contribution >= 4 is 32.1 Å². The number of hydrogen-bond donors (Lipinski definition) is 0. The van der Waals surface area contributed by atoms with Gasteiger partial charge in [-0.1, -0.05) is 129 Å². The third kappa shape index (κ3) is 4.45. The Morgan fingerprint density at radius 3 is 1.50 bits per heavy atom. The van der Waals surface area contributed by atoms with Crippen LogP contribution in [0.25, 0.3) is 10.8 Å². The first-order chi connectivity index (χ1) is 13.2. The van der Waals surface area contributed by atoms with Gasteiger partial charge in [-0.25, -0.2) is 0 Å². The smallest absolute Gasteiger partial charge is 0.0656 e. The molecule has 0 aliphatic carbocycles. The lowest BCUT2D eigenvalue weighted by Crippen LogP contribution is -2.40. The molecule has 0 aliphatic rings. The summed E-state index contributed by atoms with van der Waals surface area (Å²) in [5.41, 5.74) is 5.55. The Hall–Kier alpha value is -2.17. The Morgan fingerprint density at radius 1 is 0.536 bits per heavy atom. The average Bonchev–Trinajstić information content (AvgIpc) is 2.66. The van der Waals surface area contributed by atoms with Gasteiger partial charge >= 0.3 is 0 Å². The minimum Gasteiger partial charge on any atom is -0.0656 e. The van der Waals surface area contributed by atoms with Crippen LogP contribution < -0.4 is 5.19 Å². The minimum atomic E-state index is -1.64. The molecule has 3 aromatic carbocycles. The van der Waals surface area contributed by atoms with Crippen LogP contribution in [0, 0.1) is 0 Å². The maximum atomic E-state index is 2.47. The van der Waals surface area contributed by atoms with Gasteiger partial charge in [0.15, 0.2) is 0 Å². The van der Waals surface area contributed by atoms with Gasteiger partial charge in [-0.3, -0.25) is 0 Å². The number of benzene rings is 3. The van der Waals surface area contributed by atoms with Gasteiger partial charge in [-0.2, -0.15) is 0 Å². The van der Waals surface area contributed by atoms with Crippen LogP contribution in [0.4, 0.5) is 0 Å². The van der Waals surface area contributed by atoms with Gasteiger partial charge in [0.2, 0.25) is 0 Å². The summed E-state index contributed by atoms with van der Waals surface area (Å²) >= 11 is 0. The van der Waals surface area contributed by atoms with E-state index in [2.05, 4.69) is 124 Å². The second kappa shape index (κ2) is 8.06. The maximum Gasteiger partial charge on any atom is 0.0792 e. The highest BCUT2D eigenvalue weighted by Crippen LogP contribution is 2.38. The van der Waals surface area contributed by atoms with Crippen molar-refractivity contribution in [1.29, 1.82) is 0 Å². The quantitative estimate of drug-likeness (QED) is 0.317. The third-order valence-electron chi connectivity index (χ3n) is 5.13. The van der Waals surface area contributed by atoms with Crippen molar-refractivity contribution in [2.45, 2.75) is 39.3 Å². The molecule has 3 aromatic rings. The van der Waals surface area contributed by atoms with Crippen LogP contribution in [0.2, 0.25) is 39.3 Å². The van der Waals surface area contributed by atoms with Crippen LogP contribution in [0.3, 0.4) is 0 Å². The van der Waals surface area contributed by atoms with E-state index in [-0.39, 0.29) is 0 Å². The molecule has 0 saturated carbocycles. The molecule has 0 nitrogen and oxygen atoms in total. The Bertz CT molecular complexity index is 957. The lowest BCUT2D eigenvalue weighted by molar-refractivity contribution is 1.54. The van der Waals surface area contributed by atoms with Crippen LogP contribution in [0.1, 0.15) is 16.7 Å². The molecule has 144 valence electrons. The topological polar surface area (TPSA) is 0 Å². The molecule has 28 heavy (non-hydrogen) atoms. The van der Waals surface area contributed by atoms with Gasteiger partial charge in [0.25, 0.3) is 0 Å². The molecular formula is C26H32Si2. The Morgan fingerprint density at radius 2 is 1.00 bits per heavy atom. The normalized spacial score (nSPS) is 13.2. The molecule has 0 fully saturated rings. The monoisotopic (exact) mass is 400 g/mol. The SMILES string of the molecule is C[Si](C)(C)/C(=C(/c1ccccc1)c1ccccc1[Si](C)(C)C)c1ccccc1. The van der Waals surface area contributed by atoms with E-state index in [9.17, 15) is 0 Å². The molecule has 0 bridgehead atoms. The van der Waals surface area contributed by atoms with Crippen LogP contribution in [0.5, 0.6) is 0 Å². The molecule has 3 rings (SSSR count). The van der Waals surface area contributed by atoms with Crippen molar-refractivity contribution in [3.8, 4) is 0 Å². The molecule has 0 saturated heterocycles. The summed E-state index contributed by atoms with van der Waals surface area (Å²) in [5, 5.41) is 3.09. The largest absolute Gasteiger partial charge is 0.0792 e. The molecule has 0 amide bonds. The fourth-order valence-electron chi connectivity index (χ4n) is 3.95. The van der Waals surface area contributed by atoms with E-state index in [1.54, 1.807) is 10.4 Å². The Kier molecular flexibility index (Phi) is 5.92. The first-order valence-corrected chi connectivity index (χ1v) is 17.1. The minimum absolute atomic E-state index is 1.33. The van der Waals surface area contributed by atoms with Gasteiger partial charge in [0.1, 0.15) is 0 Å². The lowest BCUT2D eigenvalue weighted by atomic mass is 9.95. The fourth-order valence-corrected chi connectivity index (χ4v) is 7.63. The third-order valence-corrected chi connectivity index (χ3v) is 9.22. The first-order valence-electron chi connectivity index (χ1n) is 10.1. The van der Waals surface area contributed by atoms with E-state index >= 15 is 0 Å². The van der Waals surface area contributed by atoms with Crippen molar-refractivity contribution in [3.05, 3.63) is 102 Å². The second-order valence-electron chi connectivity index (χ2n) is 9.53. The molecule has 0 spiro atoms. The molecule has 0 atom stereocenters. The van der Waals surface area contributed by atoms with Gasteiger partial charge < -0.3 is 0 Å². The average molecular weight is 401 g/mol. The summed E-state index contributed by atoms with van der Waals surface area (Å²) in [5.74, 6) is 0. The summed E-state index contributed by atoms with van der Waals surface area (Å²) < 4.78 is 0. The van der Waals surface area contributed by atoms with Crippen molar-refractivity contribution < 1.29 is 0 Å². The molecule has 0 heterocycles. The summed E-state index contributed by atoms with van der Waals surface area (Å²) in [6.07, 6.45) is 0. The molecule has 0 radical (unpaired) electrons. The summed E-state index contributed by atoms with van der Waals surface area (Å²) in [7, 11) is -3.14. The van der Waals surface area contributed by atoms with E-state index < -0.39 is 16.1 Å². The summed E-state index contributed by atoms with van der Waals surface area (Å²) in [6, 6.07) is 31.1. The van der Waals surface area contributed by atoms with E-state index in [1.165, 1.54) is 22.3 Å². The van der Waals surface area contributed by atoms with Crippen LogP contribution >= 0.6 is 0 Å². The zero-order valence-corrected chi connectivity index (χ0v) is 20.1. The van der Waals surface area contributed by atoms with Crippen molar-refractivity contribution in [2.75, 3.05) is 0 Å². The maximum absolute atomic E-state index is 2.47. The number of hydrogen-bond acceptors (Lipinski definition) is 0. The van der Waals surface area contributed by atoms with Crippen LogP contribution in [-0.2, 0) is 0 Å². The van der Waals surface area contributed by atoms with Gasteiger partial charge in [0, 0.05) is 0 Å². The standard InChI is InChI=1S/C26H32Si2/c1-27(2,3)24-20-14-13-19-23(24)25(21-15-9-7-10-16-21)26(28(4,5)6)22-17-11-8-12-18-22/h7-20H,1-6H3/b26-25-. The van der Waals surface area contributed by atoms with Gasteiger partial charge in [0.05, 0.1) is 16.1 Å². The fraction of sp³-hybridized carbons (Fsp3) is 0.231. The highest BCUT2D eigenvalue weighted by Gasteiger charge is 2.29. The zero-order chi connectivity index (χ0) is 20.4. The van der Waals surface area contributed by atoms with Crippen molar-refractivity contribution in [2.24, 2.45) is 0 Å². The van der Waals surface area contributed by atoms with Crippen molar-refractivity contribution in [3.63, 3.8) is 0 Å². The Labute approximate surface area is 173 Å². The predicted molar refractivity (Wildman–Crippen MR) is 132 cm³/mol. The molecule has 0 unspecified atom stereocenters. The molecule has 0 aliphatic heterocycles. The van der Waals surface area contributed by atoms with Crippen molar-refractivity contribution in [1.82, 2.24) is 0 Å². The van der Waals surface area contributed by atoms with Gasteiger partial charge in [-0.15, -0.1) is 0 Å². The molecular weight excluding hydrogens is 368 g/mol. The van der Waals surface area contributed by atoms with E-state index in [1.807, 2.05) is 0 Å². The molecule has 2 heteroatoms.